The third-order valence-corrected chi connectivity index (χ3v) is 4.89. The standard InChI is InChI=1S/C15H25N3/c1-3-4-12-9-13(12)18-11-17-10-14(18)15(2)5-7-16-8-6-15/h10-13,16H,3-9H2,1-2H3. The molecule has 2 fully saturated rings. The number of piperidine rings is 1. The lowest BCUT2D eigenvalue weighted by Crippen LogP contribution is -2.38. The Morgan fingerprint density at radius 3 is 2.94 bits per heavy atom. The molecule has 1 aliphatic carbocycles. The van der Waals surface area contributed by atoms with E-state index in [0.29, 0.717) is 5.41 Å². The molecule has 3 heteroatoms. The molecule has 3 rings (SSSR count). The number of aromatic nitrogens is 2. The second-order valence-electron chi connectivity index (χ2n) is 6.35. The van der Waals surface area contributed by atoms with Gasteiger partial charge in [-0.1, -0.05) is 20.3 Å². The zero-order chi connectivity index (χ0) is 12.6. The van der Waals surface area contributed by atoms with Gasteiger partial charge >= 0.3 is 0 Å². The molecule has 1 aromatic rings. The molecule has 0 radical (unpaired) electrons. The Morgan fingerprint density at radius 1 is 1.44 bits per heavy atom. The Labute approximate surface area is 110 Å². The van der Waals surface area contributed by atoms with Gasteiger partial charge < -0.3 is 9.88 Å². The fraction of sp³-hybridized carbons (Fsp3) is 0.800. The summed E-state index contributed by atoms with van der Waals surface area (Å²) < 4.78 is 2.49. The highest BCUT2D eigenvalue weighted by Gasteiger charge is 2.41. The lowest BCUT2D eigenvalue weighted by atomic mass is 9.78. The number of hydrogen-bond donors (Lipinski definition) is 1. The highest BCUT2D eigenvalue weighted by molar-refractivity contribution is 5.18. The molecule has 18 heavy (non-hydrogen) atoms. The van der Waals surface area contributed by atoms with Crippen molar-refractivity contribution in [1.82, 2.24) is 14.9 Å². The van der Waals surface area contributed by atoms with E-state index in [4.69, 9.17) is 0 Å². The zero-order valence-corrected chi connectivity index (χ0v) is 11.7. The van der Waals surface area contributed by atoms with Crippen LogP contribution < -0.4 is 5.32 Å². The van der Waals surface area contributed by atoms with Gasteiger partial charge in [-0.2, -0.15) is 0 Å². The molecule has 0 amide bonds. The Bertz CT molecular complexity index is 404. The first-order valence-electron chi connectivity index (χ1n) is 7.47. The van der Waals surface area contributed by atoms with Crippen molar-refractivity contribution in [3.8, 4) is 0 Å². The first kappa shape index (κ1) is 12.2. The second kappa shape index (κ2) is 4.69. The minimum absolute atomic E-state index is 0.334. The van der Waals surface area contributed by atoms with E-state index in [2.05, 4.69) is 41.2 Å². The van der Waals surface area contributed by atoms with Crippen molar-refractivity contribution in [2.45, 2.75) is 57.4 Å². The summed E-state index contributed by atoms with van der Waals surface area (Å²) in [7, 11) is 0. The summed E-state index contributed by atoms with van der Waals surface area (Å²) in [6.07, 6.45) is 10.7. The van der Waals surface area contributed by atoms with Crippen LogP contribution in [0, 0.1) is 5.92 Å². The van der Waals surface area contributed by atoms with Gasteiger partial charge in [-0.25, -0.2) is 4.98 Å². The number of rotatable bonds is 4. The minimum Gasteiger partial charge on any atom is -0.331 e. The molecular weight excluding hydrogens is 222 g/mol. The van der Waals surface area contributed by atoms with Gasteiger partial charge in [0.05, 0.1) is 6.33 Å². The maximum Gasteiger partial charge on any atom is 0.0951 e. The van der Waals surface area contributed by atoms with Crippen molar-refractivity contribution in [3.63, 3.8) is 0 Å². The van der Waals surface area contributed by atoms with E-state index in [-0.39, 0.29) is 0 Å². The molecule has 2 heterocycles. The SMILES string of the molecule is CCCC1CC1n1cncc1C1(C)CCNCC1. The Morgan fingerprint density at radius 2 is 2.22 bits per heavy atom. The third kappa shape index (κ3) is 2.09. The predicted octanol–water partition coefficient (Wildman–Crippen LogP) is 2.89. The zero-order valence-electron chi connectivity index (χ0n) is 11.7. The molecular formula is C15H25N3. The van der Waals surface area contributed by atoms with Crippen molar-refractivity contribution in [2.75, 3.05) is 13.1 Å². The van der Waals surface area contributed by atoms with Crippen LogP contribution in [0.5, 0.6) is 0 Å². The Kier molecular flexibility index (Phi) is 3.18. The summed E-state index contributed by atoms with van der Waals surface area (Å²) in [6.45, 7) is 6.99. The van der Waals surface area contributed by atoms with Gasteiger partial charge in [-0.3, -0.25) is 0 Å². The topological polar surface area (TPSA) is 29.9 Å². The summed E-state index contributed by atoms with van der Waals surface area (Å²) in [5.41, 5.74) is 1.81. The van der Waals surface area contributed by atoms with E-state index in [0.717, 1.165) is 25.0 Å². The fourth-order valence-corrected chi connectivity index (χ4v) is 3.52. The molecule has 1 aliphatic heterocycles. The maximum atomic E-state index is 4.44. The van der Waals surface area contributed by atoms with Crippen LogP contribution in [0.1, 0.15) is 57.7 Å². The van der Waals surface area contributed by atoms with Gasteiger partial charge in [0.15, 0.2) is 0 Å². The van der Waals surface area contributed by atoms with Crippen LogP contribution in [0.25, 0.3) is 0 Å². The fourth-order valence-electron chi connectivity index (χ4n) is 3.52. The average molecular weight is 247 g/mol. The smallest absolute Gasteiger partial charge is 0.0951 e. The summed E-state index contributed by atoms with van der Waals surface area (Å²) >= 11 is 0. The molecule has 0 spiro atoms. The largest absolute Gasteiger partial charge is 0.331 e. The molecule has 1 saturated heterocycles. The molecule has 2 aliphatic rings. The number of nitrogens with zero attached hydrogens (tertiary/aromatic N) is 2. The molecule has 0 aromatic carbocycles. The van der Waals surface area contributed by atoms with Gasteiger partial charge in [-0.15, -0.1) is 0 Å². The van der Waals surface area contributed by atoms with Crippen LogP contribution in [-0.4, -0.2) is 22.6 Å². The van der Waals surface area contributed by atoms with E-state index in [1.54, 1.807) is 0 Å². The molecule has 3 nitrogen and oxygen atoms in total. The molecule has 2 atom stereocenters. The van der Waals surface area contributed by atoms with Crippen molar-refractivity contribution < 1.29 is 0 Å². The highest BCUT2D eigenvalue weighted by atomic mass is 15.1. The second-order valence-corrected chi connectivity index (χ2v) is 6.35. The highest BCUT2D eigenvalue weighted by Crippen LogP contribution is 2.48. The molecule has 1 N–H and O–H groups in total. The predicted molar refractivity (Wildman–Crippen MR) is 73.7 cm³/mol. The van der Waals surface area contributed by atoms with Crippen LogP contribution >= 0.6 is 0 Å². The van der Waals surface area contributed by atoms with E-state index in [1.165, 1.54) is 37.8 Å². The molecule has 1 aromatic heterocycles. The van der Waals surface area contributed by atoms with Crippen molar-refractivity contribution in [2.24, 2.45) is 5.92 Å². The van der Waals surface area contributed by atoms with Gasteiger partial charge in [0.1, 0.15) is 0 Å². The minimum atomic E-state index is 0.334. The maximum absolute atomic E-state index is 4.44. The van der Waals surface area contributed by atoms with Gasteiger partial charge in [-0.05, 0) is 44.7 Å². The number of hydrogen-bond acceptors (Lipinski definition) is 2. The van der Waals surface area contributed by atoms with E-state index >= 15 is 0 Å². The lowest BCUT2D eigenvalue weighted by Gasteiger charge is -2.34. The lowest BCUT2D eigenvalue weighted by molar-refractivity contribution is 0.315. The number of nitrogens with one attached hydrogen (secondary N) is 1. The summed E-state index contributed by atoms with van der Waals surface area (Å²) in [5, 5.41) is 3.47. The summed E-state index contributed by atoms with van der Waals surface area (Å²) in [6, 6.07) is 0.745. The van der Waals surface area contributed by atoms with Gasteiger partial charge in [0.2, 0.25) is 0 Å². The molecule has 2 unspecified atom stereocenters. The first-order chi connectivity index (χ1) is 8.74. The average Bonchev–Trinajstić information content (AvgIpc) is 2.95. The Hall–Kier alpha value is -0.830. The van der Waals surface area contributed by atoms with E-state index in [1.807, 2.05) is 0 Å². The summed E-state index contributed by atoms with van der Waals surface area (Å²) in [4.78, 5) is 4.44. The van der Waals surface area contributed by atoms with E-state index in [9.17, 15) is 0 Å². The quantitative estimate of drug-likeness (QED) is 0.886. The van der Waals surface area contributed by atoms with Crippen LogP contribution in [-0.2, 0) is 5.41 Å². The van der Waals surface area contributed by atoms with Crippen LogP contribution in [0.4, 0.5) is 0 Å². The van der Waals surface area contributed by atoms with Crippen molar-refractivity contribution in [3.05, 3.63) is 18.2 Å². The van der Waals surface area contributed by atoms with Crippen LogP contribution in [0.3, 0.4) is 0 Å². The summed E-state index contributed by atoms with van der Waals surface area (Å²) in [5.74, 6) is 0.910. The third-order valence-electron chi connectivity index (χ3n) is 4.89. The molecule has 100 valence electrons. The van der Waals surface area contributed by atoms with Crippen LogP contribution in [0.15, 0.2) is 12.5 Å². The van der Waals surface area contributed by atoms with E-state index < -0.39 is 0 Å². The van der Waals surface area contributed by atoms with Gasteiger partial charge in [0.25, 0.3) is 0 Å². The number of imidazole rings is 1. The monoisotopic (exact) mass is 247 g/mol. The Balaban J connectivity index is 1.79. The van der Waals surface area contributed by atoms with Crippen molar-refractivity contribution >= 4 is 0 Å². The van der Waals surface area contributed by atoms with Gasteiger partial charge in [0, 0.05) is 23.3 Å². The van der Waals surface area contributed by atoms with Crippen LogP contribution in [0.2, 0.25) is 0 Å². The molecule has 1 saturated carbocycles. The first-order valence-corrected chi connectivity index (χ1v) is 7.47. The normalized spacial score (nSPS) is 30.3. The van der Waals surface area contributed by atoms with Crippen molar-refractivity contribution in [1.29, 1.82) is 0 Å². The molecule has 0 bridgehead atoms.